The smallest absolute Gasteiger partial charge is 0.325 e. The van der Waals surface area contributed by atoms with Gasteiger partial charge < -0.3 is 10.1 Å². The van der Waals surface area contributed by atoms with Crippen molar-refractivity contribution in [3.8, 4) is 5.75 Å². The first kappa shape index (κ1) is 17.3. The van der Waals surface area contributed by atoms with Gasteiger partial charge in [0.2, 0.25) is 0 Å². The van der Waals surface area contributed by atoms with Crippen molar-refractivity contribution in [3.05, 3.63) is 49.6 Å². The predicted octanol–water partition coefficient (Wildman–Crippen LogP) is 4.14. The zero-order valence-corrected chi connectivity index (χ0v) is 16.1. The van der Waals surface area contributed by atoms with Crippen LogP contribution in [0.5, 0.6) is 5.75 Å². The average Bonchev–Trinajstić information content (AvgIpc) is 3.06. The molecule has 8 heteroatoms. The highest BCUT2D eigenvalue weighted by atomic mass is 79.9. The number of rotatable bonds is 4. The van der Waals surface area contributed by atoms with Crippen molar-refractivity contribution in [2.24, 2.45) is 0 Å². The summed E-state index contributed by atoms with van der Waals surface area (Å²) in [5.41, 5.74) is -0.266. The molecular formula is C16H14BrClN2O3S. The van der Waals surface area contributed by atoms with E-state index in [4.69, 9.17) is 16.3 Å². The molecule has 126 valence electrons. The number of nitrogens with zero attached hydrogens (tertiary/aromatic N) is 1. The Morgan fingerprint density at radius 1 is 1.33 bits per heavy atom. The molecule has 3 amide bonds. The van der Waals surface area contributed by atoms with Crippen LogP contribution in [0.25, 0.3) is 0 Å². The number of thiophene rings is 1. The summed E-state index contributed by atoms with van der Waals surface area (Å²) in [5, 5.41) is 2.77. The van der Waals surface area contributed by atoms with Gasteiger partial charge in [-0.15, -0.1) is 11.3 Å². The Bertz CT molecular complexity index is 825. The lowest BCUT2D eigenvalue weighted by Crippen LogP contribution is -2.40. The number of carbonyl (C=O) groups excluding carboxylic acids is 2. The fourth-order valence-electron chi connectivity index (χ4n) is 2.58. The van der Waals surface area contributed by atoms with E-state index in [1.807, 2.05) is 12.1 Å². The number of benzene rings is 1. The molecule has 1 unspecified atom stereocenters. The first-order valence-corrected chi connectivity index (χ1v) is 9.06. The number of nitrogens with one attached hydrogen (secondary N) is 1. The van der Waals surface area contributed by atoms with Crippen molar-refractivity contribution in [1.82, 2.24) is 10.2 Å². The van der Waals surface area contributed by atoms with Gasteiger partial charge in [-0.3, -0.25) is 9.69 Å². The zero-order chi connectivity index (χ0) is 17.5. The Morgan fingerprint density at radius 2 is 2.08 bits per heavy atom. The predicted molar refractivity (Wildman–Crippen MR) is 96.5 cm³/mol. The molecule has 1 atom stereocenters. The van der Waals surface area contributed by atoms with Gasteiger partial charge >= 0.3 is 6.03 Å². The average molecular weight is 430 g/mol. The molecule has 0 spiro atoms. The molecule has 1 aromatic heterocycles. The van der Waals surface area contributed by atoms with E-state index in [9.17, 15) is 9.59 Å². The number of urea groups is 1. The molecule has 0 saturated carbocycles. The second kappa shape index (κ2) is 6.38. The summed E-state index contributed by atoms with van der Waals surface area (Å²) < 4.78 is 6.53. The molecule has 0 bridgehead atoms. The number of halogens is 2. The van der Waals surface area contributed by atoms with Gasteiger partial charge in [0.25, 0.3) is 5.91 Å². The molecule has 24 heavy (non-hydrogen) atoms. The SMILES string of the molecule is COc1ccc(CN2C(=O)NC(C)(c3ccc(Cl)s3)C2=O)cc1Br. The second-order valence-electron chi connectivity index (χ2n) is 5.52. The third-order valence-electron chi connectivity index (χ3n) is 3.90. The normalized spacial score (nSPS) is 20.4. The fraction of sp³-hybridized carbons (Fsp3) is 0.250. The van der Waals surface area contributed by atoms with Crippen LogP contribution in [0.3, 0.4) is 0 Å². The number of hydrogen-bond donors (Lipinski definition) is 1. The molecule has 1 N–H and O–H groups in total. The summed E-state index contributed by atoms with van der Waals surface area (Å²) >= 11 is 10.7. The quantitative estimate of drug-likeness (QED) is 0.743. The molecule has 1 fully saturated rings. The summed E-state index contributed by atoms with van der Waals surface area (Å²) in [6.07, 6.45) is 0. The number of hydrogen-bond acceptors (Lipinski definition) is 4. The maximum Gasteiger partial charge on any atom is 0.325 e. The highest BCUT2D eigenvalue weighted by Gasteiger charge is 2.49. The van der Waals surface area contributed by atoms with E-state index in [0.29, 0.717) is 15.0 Å². The molecule has 2 aromatic rings. The van der Waals surface area contributed by atoms with E-state index in [-0.39, 0.29) is 12.5 Å². The number of methoxy groups -OCH3 is 1. The minimum Gasteiger partial charge on any atom is -0.496 e. The van der Waals surface area contributed by atoms with Crippen LogP contribution in [0.15, 0.2) is 34.8 Å². The maximum atomic E-state index is 12.8. The Balaban J connectivity index is 1.86. The summed E-state index contributed by atoms with van der Waals surface area (Å²) in [5.74, 6) is 0.395. The van der Waals surface area contributed by atoms with Crippen molar-refractivity contribution >= 4 is 50.8 Å². The summed E-state index contributed by atoms with van der Waals surface area (Å²) in [7, 11) is 1.58. The van der Waals surface area contributed by atoms with Crippen LogP contribution in [0.1, 0.15) is 17.4 Å². The van der Waals surface area contributed by atoms with Gasteiger partial charge in [0, 0.05) is 4.88 Å². The molecule has 1 aromatic carbocycles. The molecule has 3 rings (SSSR count). The number of amides is 3. The summed E-state index contributed by atoms with van der Waals surface area (Å²) in [4.78, 5) is 27.1. The topological polar surface area (TPSA) is 58.6 Å². The maximum absolute atomic E-state index is 12.8. The molecular weight excluding hydrogens is 416 g/mol. The lowest BCUT2D eigenvalue weighted by Gasteiger charge is -2.20. The van der Waals surface area contributed by atoms with E-state index in [1.165, 1.54) is 16.2 Å². The number of imide groups is 1. The fourth-order valence-corrected chi connectivity index (χ4v) is 4.31. The molecule has 5 nitrogen and oxygen atoms in total. The van der Waals surface area contributed by atoms with Gasteiger partial charge in [-0.2, -0.15) is 0 Å². The van der Waals surface area contributed by atoms with Crippen LogP contribution < -0.4 is 10.1 Å². The third-order valence-corrected chi connectivity index (χ3v) is 5.97. The first-order valence-electron chi connectivity index (χ1n) is 7.07. The molecule has 2 heterocycles. The van der Waals surface area contributed by atoms with Crippen molar-refractivity contribution in [1.29, 1.82) is 0 Å². The number of ether oxygens (including phenoxy) is 1. The van der Waals surface area contributed by atoms with Gasteiger partial charge in [-0.1, -0.05) is 17.7 Å². The Hall–Kier alpha value is -1.57. The summed E-state index contributed by atoms with van der Waals surface area (Å²) in [6.45, 7) is 1.88. The van der Waals surface area contributed by atoms with Crippen molar-refractivity contribution < 1.29 is 14.3 Å². The second-order valence-corrected chi connectivity index (χ2v) is 8.09. The standard InChI is InChI=1S/C16H14BrClN2O3S/c1-16(12-5-6-13(18)24-12)14(21)20(15(22)19-16)8-9-3-4-11(23-2)10(17)7-9/h3-7H,8H2,1-2H3,(H,19,22). The van der Waals surface area contributed by atoms with Gasteiger partial charge in [0.05, 0.1) is 22.5 Å². The van der Waals surface area contributed by atoms with Gasteiger partial charge in [-0.25, -0.2) is 4.79 Å². The summed E-state index contributed by atoms with van der Waals surface area (Å²) in [6, 6.07) is 8.50. The van der Waals surface area contributed by atoms with Crippen LogP contribution in [0.2, 0.25) is 4.34 Å². The lowest BCUT2D eigenvalue weighted by molar-refractivity contribution is -0.131. The largest absolute Gasteiger partial charge is 0.496 e. The first-order chi connectivity index (χ1) is 11.3. The lowest BCUT2D eigenvalue weighted by atomic mass is 10.0. The van der Waals surface area contributed by atoms with E-state index >= 15 is 0 Å². The van der Waals surface area contributed by atoms with E-state index < -0.39 is 11.6 Å². The van der Waals surface area contributed by atoms with Crippen LogP contribution >= 0.6 is 38.9 Å². The third kappa shape index (κ3) is 2.92. The van der Waals surface area contributed by atoms with Crippen LogP contribution in [-0.2, 0) is 16.9 Å². The Kier molecular flexibility index (Phi) is 4.59. The Morgan fingerprint density at radius 3 is 2.67 bits per heavy atom. The van der Waals surface area contributed by atoms with Crippen LogP contribution in [-0.4, -0.2) is 23.9 Å². The molecule has 1 saturated heterocycles. The highest BCUT2D eigenvalue weighted by molar-refractivity contribution is 9.10. The van der Waals surface area contributed by atoms with Gasteiger partial charge in [0.15, 0.2) is 5.54 Å². The minimum absolute atomic E-state index is 0.182. The highest BCUT2D eigenvalue weighted by Crippen LogP contribution is 2.36. The molecule has 0 aliphatic carbocycles. The minimum atomic E-state index is -1.08. The van der Waals surface area contributed by atoms with E-state index in [1.54, 1.807) is 32.2 Å². The number of carbonyl (C=O) groups is 2. The van der Waals surface area contributed by atoms with Gasteiger partial charge in [-0.05, 0) is 52.7 Å². The molecule has 1 aliphatic rings. The van der Waals surface area contributed by atoms with Crippen LogP contribution in [0.4, 0.5) is 4.79 Å². The Labute approximate surface area is 156 Å². The van der Waals surface area contributed by atoms with Crippen molar-refractivity contribution in [2.45, 2.75) is 19.0 Å². The van der Waals surface area contributed by atoms with Crippen molar-refractivity contribution in [2.75, 3.05) is 7.11 Å². The van der Waals surface area contributed by atoms with E-state index in [2.05, 4.69) is 21.2 Å². The molecule has 1 aliphatic heterocycles. The molecule has 0 radical (unpaired) electrons. The van der Waals surface area contributed by atoms with Gasteiger partial charge in [0.1, 0.15) is 5.75 Å². The zero-order valence-electron chi connectivity index (χ0n) is 12.9. The van der Waals surface area contributed by atoms with Crippen LogP contribution in [0, 0.1) is 0 Å². The monoisotopic (exact) mass is 428 g/mol. The van der Waals surface area contributed by atoms with Crippen molar-refractivity contribution in [3.63, 3.8) is 0 Å². The van der Waals surface area contributed by atoms with E-state index in [0.717, 1.165) is 10.0 Å².